The van der Waals surface area contributed by atoms with E-state index in [9.17, 15) is 0 Å². The largest absolute Gasteiger partial charge is 0.492 e. The predicted molar refractivity (Wildman–Crippen MR) is 92.6 cm³/mol. The van der Waals surface area contributed by atoms with Crippen molar-refractivity contribution in [3.8, 4) is 16.9 Å². The van der Waals surface area contributed by atoms with Crippen molar-refractivity contribution in [2.45, 2.75) is 31.7 Å². The molecule has 2 aromatic carbocycles. The van der Waals surface area contributed by atoms with E-state index in [4.69, 9.17) is 16.3 Å². The molecule has 0 saturated carbocycles. The van der Waals surface area contributed by atoms with Crippen LogP contribution in [0, 0.1) is 0 Å². The molecule has 3 rings (SSSR count). The van der Waals surface area contributed by atoms with Crippen molar-refractivity contribution in [1.29, 1.82) is 0 Å². The molecule has 1 N–H and O–H groups in total. The molecule has 2 aromatic rings. The van der Waals surface area contributed by atoms with Crippen molar-refractivity contribution in [1.82, 2.24) is 5.32 Å². The average molecular weight is 316 g/mol. The monoisotopic (exact) mass is 315 g/mol. The van der Waals surface area contributed by atoms with Crippen LogP contribution in [0.5, 0.6) is 5.75 Å². The molecule has 0 aliphatic carbocycles. The molecule has 1 aliphatic rings. The summed E-state index contributed by atoms with van der Waals surface area (Å²) >= 11 is 6.36. The third-order valence-electron chi connectivity index (χ3n) is 4.18. The Balaban J connectivity index is 1.58. The summed E-state index contributed by atoms with van der Waals surface area (Å²) in [5.41, 5.74) is 2.29. The highest BCUT2D eigenvalue weighted by molar-refractivity contribution is 6.32. The first kappa shape index (κ1) is 15.4. The number of ether oxygens (including phenoxy) is 1. The van der Waals surface area contributed by atoms with Gasteiger partial charge in [0.15, 0.2) is 0 Å². The Morgan fingerprint density at radius 1 is 1.05 bits per heavy atom. The fourth-order valence-electron chi connectivity index (χ4n) is 2.91. The van der Waals surface area contributed by atoms with Crippen LogP contribution in [0.2, 0.25) is 5.02 Å². The maximum atomic E-state index is 6.36. The van der Waals surface area contributed by atoms with Gasteiger partial charge in [0.25, 0.3) is 0 Å². The van der Waals surface area contributed by atoms with Crippen molar-refractivity contribution in [3.05, 3.63) is 53.6 Å². The SMILES string of the molecule is Clc1cc(-c2ccccc2)ccc1OCC[C@H]1CCCCN1. The van der Waals surface area contributed by atoms with E-state index in [2.05, 4.69) is 23.5 Å². The normalized spacial score (nSPS) is 18.1. The zero-order valence-corrected chi connectivity index (χ0v) is 13.5. The summed E-state index contributed by atoms with van der Waals surface area (Å²) in [6.07, 6.45) is 4.91. The maximum Gasteiger partial charge on any atom is 0.137 e. The van der Waals surface area contributed by atoms with Crippen LogP contribution in [0.15, 0.2) is 48.5 Å². The van der Waals surface area contributed by atoms with E-state index >= 15 is 0 Å². The molecule has 0 aromatic heterocycles. The molecule has 0 bridgehead atoms. The lowest BCUT2D eigenvalue weighted by molar-refractivity contribution is 0.268. The summed E-state index contributed by atoms with van der Waals surface area (Å²) in [7, 11) is 0. The van der Waals surface area contributed by atoms with Crippen LogP contribution >= 0.6 is 11.6 Å². The van der Waals surface area contributed by atoms with Crippen molar-refractivity contribution >= 4 is 11.6 Å². The van der Waals surface area contributed by atoms with E-state index in [1.54, 1.807) is 0 Å². The van der Waals surface area contributed by atoms with Crippen molar-refractivity contribution < 1.29 is 4.74 Å². The van der Waals surface area contributed by atoms with Crippen LogP contribution in [0.1, 0.15) is 25.7 Å². The van der Waals surface area contributed by atoms with Crippen LogP contribution in [0.3, 0.4) is 0 Å². The van der Waals surface area contributed by atoms with Gasteiger partial charge in [0, 0.05) is 6.04 Å². The average Bonchev–Trinajstić information content (AvgIpc) is 2.58. The van der Waals surface area contributed by atoms with Gasteiger partial charge in [0.2, 0.25) is 0 Å². The summed E-state index contributed by atoms with van der Waals surface area (Å²) in [4.78, 5) is 0. The third kappa shape index (κ3) is 4.02. The molecule has 0 amide bonds. The first-order valence-electron chi connectivity index (χ1n) is 8.04. The van der Waals surface area contributed by atoms with E-state index in [0.29, 0.717) is 17.7 Å². The number of rotatable bonds is 5. The highest BCUT2D eigenvalue weighted by Crippen LogP contribution is 2.30. The number of hydrogen-bond acceptors (Lipinski definition) is 2. The number of piperidine rings is 1. The molecular formula is C19H22ClNO. The lowest BCUT2D eigenvalue weighted by Crippen LogP contribution is -2.35. The van der Waals surface area contributed by atoms with Crippen LogP contribution in [0.25, 0.3) is 11.1 Å². The van der Waals surface area contributed by atoms with Gasteiger partial charge < -0.3 is 10.1 Å². The van der Waals surface area contributed by atoms with E-state index in [-0.39, 0.29) is 0 Å². The minimum atomic E-state index is 0.594. The van der Waals surface area contributed by atoms with Crippen molar-refractivity contribution in [3.63, 3.8) is 0 Å². The van der Waals surface area contributed by atoms with Gasteiger partial charge in [-0.15, -0.1) is 0 Å². The summed E-state index contributed by atoms with van der Waals surface area (Å²) in [5, 5.41) is 4.22. The summed E-state index contributed by atoms with van der Waals surface area (Å²) < 4.78 is 5.86. The Morgan fingerprint density at radius 3 is 2.64 bits per heavy atom. The van der Waals surface area contributed by atoms with E-state index in [0.717, 1.165) is 24.3 Å². The zero-order valence-electron chi connectivity index (χ0n) is 12.7. The zero-order chi connectivity index (χ0) is 15.2. The molecule has 1 atom stereocenters. The molecule has 1 fully saturated rings. The molecule has 1 heterocycles. The highest BCUT2D eigenvalue weighted by atomic mass is 35.5. The minimum absolute atomic E-state index is 0.594. The number of nitrogens with one attached hydrogen (secondary N) is 1. The predicted octanol–water partition coefficient (Wildman–Crippen LogP) is 4.92. The van der Waals surface area contributed by atoms with Crippen molar-refractivity contribution in [2.24, 2.45) is 0 Å². The number of hydrogen-bond donors (Lipinski definition) is 1. The van der Waals surface area contributed by atoms with E-state index in [1.807, 2.05) is 30.3 Å². The van der Waals surface area contributed by atoms with Gasteiger partial charge in [-0.3, -0.25) is 0 Å². The second kappa shape index (κ2) is 7.66. The molecule has 0 radical (unpaired) electrons. The third-order valence-corrected chi connectivity index (χ3v) is 4.47. The second-order valence-corrected chi connectivity index (χ2v) is 6.20. The molecule has 3 heteroatoms. The Morgan fingerprint density at radius 2 is 1.91 bits per heavy atom. The summed E-state index contributed by atoms with van der Waals surface area (Å²) in [5.74, 6) is 0.775. The lowest BCUT2D eigenvalue weighted by atomic mass is 10.0. The van der Waals surface area contributed by atoms with Gasteiger partial charge in [-0.1, -0.05) is 54.4 Å². The fraction of sp³-hybridized carbons (Fsp3) is 0.368. The Labute approximate surface area is 137 Å². The second-order valence-electron chi connectivity index (χ2n) is 5.80. The van der Waals surface area contributed by atoms with Gasteiger partial charge in [0.05, 0.1) is 11.6 Å². The van der Waals surface area contributed by atoms with Gasteiger partial charge in [-0.05, 0) is 49.1 Å². The quantitative estimate of drug-likeness (QED) is 0.845. The fourth-order valence-corrected chi connectivity index (χ4v) is 3.14. The molecule has 0 unspecified atom stereocenters. The van der Waals surface area contributed by atoms with Crippen LogP contribution in [0.4, 0.5) is 0 Å². The maximum absolute atomic E-state index is 6.36. The topological polar surface area (TPSA) is 21.3 Å². The smallest absolute Gasteiger partial charge is 0.137 e. The lowest BCUT2D eigenvalue weighted by Gasteiger charge is -2.23. The standard InChI is InChI=1S/C19H22ClNO/c20-18-14-16(15-6-2-1-3-7-15)9-10-19(18)22-13-11-17-8-4-5-12-21-17/h1-3,6-7,9-10,14,17,21H,4-5,8,11-13H2/t17-/m1/s1. The first-order chi connectivity index (χ1) is 10.8. The van der Waals surface area contributed by atoms with Crippen LogP contribution < -0.4 is 10.1 Å². The Hall–Kier alpha value is -1.51. The van der Waals surface area contributed by atoms with Crippen molar-refractivity contribution in [2.75, 3.05) is 13.2 Å². The minimum Gasteiger partial charge on any atom is -0.492 e. The Bertz CT molecular complexity index is 594. The van der Waals surface area contributed by atoms with E-state index in [1.165, 1.54) is 24.8 Å². The van der Waals surface area contributed by atoms with E-state index < -0.39 is 0 Å². The first-order valence-corrected chi connectivity index (χ1v) is 8.42. The van der Waals surface area contributed by atoms with Crippen LogP contribution in [-0.4, -0.2) is 19.2 Å². The van der Waals surface area contributed by atoms with Gasteiger partial charge in [0.1, 0.15) is 5.75 Å². The van der Waals surface area contributed by atoms with Gasteiger partial charge in [-0.25, -0.2) is 0 Å². The molecule has 116 valence electrons. The molecule has 22 heavy (non-hydrogen) atoms. The molecule has 2 nitrogen and oxygen atoms in total. The number of halogens is 1. The number of benzene rings is 2. The molecular weight excluding hydrogens is 294 g/mol. The Kier molecular flexibility index (Phi) is 5.36. The van der Waals surface area contributed by atoms with Gasteiger partial charge in [-0.2, -0.15) is 0 Å². The summed E-state index contributed by atoms with van der Waals surface area (Å²) in [6, 6.07) is 16.9. The van der Waals surface area contributed by atoms with Crippen LogP contribution in [-0.2, 0) is 0 Å². The molecule has 0 spiro atoms. The highest BCUT2D eigenvalue weighted by Gasteiger charge is 2.12. The summed E-state index contributed by atoms with van der Waals surface area (Å²) in [6.45, 7) is 1.85. The molecule has 1 saturated heterocycles. The molecule has 1 aliphatic heterocycles. The van der Waals surface area contributed by atoms with Gasteiger partial charge >= 0.3 is 0 Å².